The SMILES string of the molecule is CC(C)NC(=O)[C@@H](Cc1ccccc1)N(Cc1ccc(Br)cc1)C(=O)COc1ccc(I)cc1. The van der Waals surface area contributed by atoms with Gasteiger partial charge in [0.05, 0.1) is 0 Å². The monoisotopic (exact) mass is 634 g/mol. The van der Waals surface area contributed by atoms with Crippen molar-refractivity contribution in [3.63, 3.8) is 0 Å². The van der Waals surface area contributed by atoms with Crippen molar-refractivity contribution < 1.29 is 14.3 Å². The van der Waals surface area contributed by atoms with E-state index in [0.717, 1.165) is 19.2 Å². The minimum absolute atomic E-state index is 0.0431. The lowest BCUT2D eigenvalue weighted by Crippen LogP contribution is -2.52. The van der Waals surface area contributed by atoms with Crippen molar-refractivity contribution in [2.24, 2.45) is 0 Å². The molecule has 1 N–H and O–H groups in total. The maximum Gasteiger partial charge on any atom is 0.261 e. The molecule has 0 aliphatic heterocycles. The molecule has 0 heterocycles. The van der Waals surface area contributed by atoms with Crippen LogP contribution in [0.3, 0.4) is 0 Å². The molecular formula is C27H28BrIN2O3. The zero-order valence-electron chi connectivity index (χ0n) is 19.2. The topological polar surface area (TPSA) is 58.6 Å². The number of halogens is 2. The first-order valence-electron chi connectivity index (χ1n) is 11.1. The van der Waals surface area contributed by atoms with E-state index in [0.29, 0.717) is 18.7 Å². The van der Waals surface area contributed by atoms with E-state index in [1.54, 1.807) is 4.90 Å². The van der Waals surface area contributed by atoms with Crippen LogP contribution in [0.2, 0.25) is 0 Å². The molecule has 178 valence electrons. The number of benzene rings is 3. The molecule has 34 heavy (non-hydrogen) atoms. The van der Waals surface area contributed by atoms with Gasteiger partial charge in [-0.05, 0) is 84.0 Å². The molecule has 0 bridgehead atoms. The normalized spacial score (nSPS) is 11.7. The van der Waals surface area contributed by atoms with Crippen LogP contribution in [0, 0.1) is 3.57 Å². The third kappa shape index (κ3) is 8.13. The van der Waals surface area contributed by atoms with E-state index in [1.165, 1.54) is 0 Å². The van der Waals surface area contributed by atoms with E-state index < -0.39 is 6.04 Å². The molecule has 0 unspecified atom stereocenters. The fourth-order valence-corrected chi connectivity index (χ4v) is 4.10. The van der Waals surface area contributed by atoms with E-state index in [4.69, 9.17) is 4.74 Å². The number of hydrogen-bond donors (Lipinski definition) is 1. The summed E-state index contributed by atoms with van der Waals surface area (Å²) < 4.78 is 7.83. The highest BCUT2D eigenvalue weighted by Gasteiger charge is 2.31. The van der Waals surface area contributed by atoms with Gasteiger partial charge in [0.25, 0.3) is 5.91 Å². The molecule has 1 atom stereocenters. The van der Waals surface area contributed by atoms with Crippen LogP contribution in [0.15, 0.2) is 83.3 Å². The highest BCUT2D eigenvalue weighted by atomic mass is 127. The third-order valence-corrected chi connectivity index (χ3v) is 6.39. The van der Waals surface area contributed by atoms with Gasteiger partial charge in [0.2, 0.25) is 5.91 Å². The Hall–Kier alpha value is -2.39. The molecule has 0 saturated carbocycles. The predicted molar refractivity (Wildman–Crippen MR) is 147 cm³/mol. The van der Waals surface area contributed by atoms with Crippen LogP contribution in [-0.2, 0) is 22.6 Å². The molecule has 0 saturated heterocycles. The van der Waals surface area contributed by atoms with Crippen molar-refractivity contribution >= 4 is 50.3 Å². The van der Waals surface area contributed by atoms with Gasteiger partial charge in [-0.3, -0.25) is 9.59 Å². The van der Waals surface area contributed by atoms with Crippen molar-refractivity contribution in [2.45, 2.75) is 38.9 Å². The molecule has 3 aromatic carbocycles. The third-order valence-electron chi connectivity index (χ3n) is 5.14. The number of amides is 2. The van der Waals surface area contributed by atoms with Gasteiger partial charge in [0.1, 0.15) is 11.8 Å². The highest BCUT2D eigenvalue weighted by molar-refractivity contribution is 14.1. The lowest BCUT2D eigenvalue weighted by molar-refractivity contribution is -0.143. The van der Waals surface area contributed by atoms with Crippen LogP contribution >= 0.6 is 38.5 Å². The summed E-state index contributed by atoms with van der Waals surface area (Å²) in [6.07, 6.45) is 0.408. The molecule has 0 spiro atoms. The zero-order valence-corrected chi connectivity index (χ0v) is 23.0. The van der Waals surface area contributed by atoms with E-state index in [2.05, 4.69) is 43.8 Å². The van der Waals surface area contributed by atoms with Gasteiger partial charge in [-0.15, -0.1) is 0 Å². The average Bonchev–Trinajstić information content (AvgIpc) is 2.82. The van der Waals surface area contributed by atoms with E-state index in [1.807, 2.05) is 92.7 Å². The Labute approximate surface area is 223 Å². The first-order chi connectivity index (χ1) is 16.3. The molecule has 0 radical (unpaired) electrons. The summed E-state index contributed by atoms with van der Waals surface area (Å²) in [7, 11) is 0. The van der Waals surface area contributed by atoms with Gasteiger partial charge in [0.15, 0.2) is 6.61 Å². The van der Waals surface area contributed by atoms with Crippen molar-refractivity contribution in [1.29, 1.82) is 0 Å². The molecule has 0 aromatic heterocycles. The second-order valence-electron chi connectivity index (χ2n) is 8.26. The Bertz CT molecular complexity index is 1070. The molecule has 2 amide bonds. The Balaban J connectivity index is 1.89. The molecular weight excluding hydrogens is 607 g/mol. The number of ether oxygens (including phenoxy) is 1. The van der Waals surface area contributed by atoms with Gasteiger partial charge in [-0.2, -0.15) is 0 Å². The number of carbonyl (C=O) groups excluding carboxylic acids is 2. The Morgan fingerprint density at radius 3 is 2.21 bits per heavy atom. The second kappa shape index (κ2) is 12.9. The first kappa shape index (κ1) is 26.2. The number of nitrogens with one attached hydrogen (secondary N) is 1. The number of hydrogen-bond acceptors (Lipinski definition) is 3. The van der Waals surface area contributed by atoms with Gasteiger partial charge >= 0.3 is 0 Å². The maximum atomic E-state index is 13.5. The summed E-state index contributed by atoms with van der Waals surface area (Å²) in [4.78, 5) is 28.4. The van der Waals surface area contributed by atoms with Crippen LogP contribution in [-0.4, -0.2) is 35.4 Å². The maximum absolute atomic E-state index is 13.5. The Kier molecular flexibility index (Phi) is 9.95. The molecule has 7 heteroatoms. The number of rotatable bonds is 10. The zero-order chi connectivity index (χ0) is 24.5. The number of nitrogens with zero attached hydrogens (tertiary/aromatic N) is 1. The summed E-state index contributed by atoms with van der Waals surface area (Å²) in [6, 6.07) is 24.3. The summed E-state index contributed by atoms with van der Waals surface area (Å²) in [5, 5.41) is 2.99. The smallest absolute Gasteiger partial charge is 0.261 e. The summed E-state index contributed by atoms with van der Waals surface area (Å²) in [5.41, 5.74) is 1.92. The molecule has 0 aliphatic carbocycles. The quantitative estimate of drug-likeness (QED) is 0.296. The van der Waals surface area contributed by atoms with Crippen LogP contribution in [0.25, 0.3) is 0 Å². The van der Waals surface area contributed by atoms with Crippen LogP contribution in [0.5, 0.6) is 5.75 Å². The predicted octanol–water partition coefficient (Wildman–Crippen LogP) is 5.60. The largest absolute Gasteiger partial charge is 0.484 e. The lowest BCUT2D eigenvalue weighted by Gasteiger charge is -2.32. The lowest BCUT2D eigenvalue weighted by atomic mass is 10.0. The van der Waals surface area contributed by atoms with Crippen molar-refractivity contribution in [3.8, 4) is 5.75 Å². The van der Waals surface area contributed by atoms with Crippen molar-refractivity contribution in [1.82, 2.24) is 10.2 Å². The van der Waals surface area contributed by atoms with Crippen LogP contribution < -0.4 is 10.1 Å². The van der Waals surface area contributed by atoms with Gasteiger partial charge in [-0.1, -0.05) is 58.4 Å². The van der Waals surface area contributed by atoms with Crippen LogP contribution in [0.1, 0.15) is 25.0 Å². The molecule has 0 aliphatic rings. The first-order valence-corrected chi connectivity index (χ1v) is 13.0. The molecule has 3 rings (SSSR count). The van der Waals surface area contributed by atoms with E-state index in [-0.39, 0.29) is 24.5 Å². The minimum Gasteiger partial charge on any atom is -0.484 e. The highest BCUT2D eigenvalue weighted by Crippen LogP contribution is 2.18. The average molecular weight is 635 g/mol. The molecule has 3 aromatic rings. The van der Waals surface area contributed by atoms with Gasteiger partial charge < -0.3 is 15.0 Å². The van der Waals surface area contributed by atoms with Gasteiger partial charge in [-0.25, -0.2) is 0 Å². The summed E-state index contributed by atoms with van der Waals surface area (Å²) in [6.45, 7) is 3.97. The fourth-order valence-electron chi connectivity index (χ4n) is 3.48. The van der Waals surface area contributed by atoms with Gasteiger partial charge in [0, 0.05) is 27.1 Å². The molecule has 5 nitrogen and oxygen atoms in total. The van der Waals surface area contributed by atoms with E-state index >= 15 is 0 Å². The number of carbonyl (C=O) groups is 2. The minimum atomic E-state index is -0.679. The van der Waals surface area contributed by atoms with Crippen molar-refractivity contribution in [2.75, 3.05) is 6.61 Å². The summed E-state index contributed by atoms with van der Waals surface area (Å²) in [5.74, 6) is 0.184. The van der Waals surface area contributed by atoms with Crippen molar-refractivity contribution in [3.05, 3.63) is 98.0 Å². The van der Waals surface area contributed by atoms with E-state index in [9.17, 15) is 9.59 Å². The molecule has 0 fully saturated rings. The summed E-state index contributed by atoms with van der Waals surface area (Å²) >= 11 is 5.68. The standard InChI is InChI=1S/C27H28BrIN2O3/c1-19(2)30-27(33)25(16-20-6-4-3-5-7-20)31(17-21-8-10-22(28)11-9-21)26(32)18-34-24-14-12-23(29)13-15-24/h3-15,19,25H,16-18H2,1-2H3,(H,30,33)/t25-/m1/s1. The van der Waals surface area contributed by atoms with Crippen LogP contribution in [0.4, 0.5) is 0 Å². The Morgan fingerprint density at radius 2 is 1.59 bits per heavy atom. The fraction of sp³-hybridized carbons (Fsp3) is 0.259. The Morgan fingerprint density at radius 1 is 0.941 bits per heavy atom. The second-order valence-corrected chi connectivity index (χ2v) is 10.4.